The molecule has 20 heavy (non-hydrogen) atoms. The first kappa shape index (κ1) is 14.6. The molecule has 0 heterocycles. The molecule has 0 saturated heterocycles. The third kappa shape index (κ3) is 2.30. The van der Waals surface area contributed by atoms with Crippen LogP contribution in [0.15, 0.2) is 54.6 Å². The standard InChI is InChI=1S/C17H18NOP/c1-17(2,3)20(19,15-10-5-4-6-11-15)16-12-8-7-9-14(16)13-18/h4-12H,1-3H3. The Bertz CT molecular complexity index is 693. The maximum Gasteiger partial charge on any atom is 0.149 e. The summed E-state index contributed by atoms with van der Waals surface area (Å²) in [5.41, 5.74) is 0.495. The van der Waals surface area contributed by atoms with Gasteiger partial charge in [-0.2, -0.15) is 5.26 Å². The summed E-state index contributed by atoms with van der Waals surface area (Å²) in [5.74, 6) is 0. The molecule has 0 aliphatic carbocycles. The van der Waals surface area contributed by atoms with Gasteiger partial charge in [-0.15, -0.1) is 0 Å². The van der Waals surface area contributed by atoms with Gasteiger partial charge in [0.1, 0.15) is 7.14 Å². The molecule has 0 radical (unpaired) electrons. The molecule has 0 amide bonds. The van der Waals surface area contributed by atoms with Crippen molar-refractivity contribution in [2.45, 2.75) is 25.9 Å². The van der Waals surface area contributed by atoms with Gasteiger partial charge in [-0.25, -0.2) is 0 Å². The van der Waals surface area contributed by atoms with Crippen molar-refractivity contribution in [2.75, 3.05) is 0 Å². The van der Waals surface area contributed by atoms with Crippen LogP contribution in [0.2, 0.25) is 0 Å². The fourth-order valence-corrected chi connectivity index (χ4v) is 5.50. The molecule has 1 unspecified atom stereocenters. The Morgan fingerprint density at radius 2 is 1.50 bits per heavy atom. The van der Waals surface area contributed by atoms with Crippen LogP contribution in [0.1, 0.15) is 26.3 Å². The highest BCUT2D eigenvalue weighted by molar-refractivity contribution is 7.80. The second kappa shape index (κ2) is 5.27. The van der Waals surface area contributed by atoms with E-state index in [1.165, 1.54) is 0 Å². The molecule has 0 spiro atoms. The van der Waals surface area contributed by atoms with Crippen LogP contribution >= 0.6 is 7.14 Å². The zero-order valence-corrected chi connectivity index (χ0v) is 12.9. The zero-order chi connectivity index (χ0) is 14.8. The number of hydrogen-bond acceptors (Lipinski definition) is 2. The molecule has 3 heteroatoms. The first-order valence-electron chi connectivity index (χ1n) is 6.57. The van der Waals surface area contributed by atoms with Crippen LogP contribution in [0.5, 0.6) is 0 Å². The first-order chi connectivity index (χ1) is 9.41. The Balaban J connectivity index is 2.80. The minimum absolute atomic E-state index is 0.443. The lowest BCUT2D eigenvalue weighted by Gasteiger charge is -2.32. The quantitative estimate of drug-likeness (QED) is 0.789. The highest BCUT2D eigenvalue weighted by Crippen LogP contribution is 2.56. The lowest BCUT2D eigenvalue weighted by molar-refractivity contribution is 0.564. The predicted molar refractivity (Wildman–Crippen MR) is 84.2 cm³/mol. The molecule has 0 N–H and O–H groups in total. The minimum atomic E-state index is -2.88. The summed E-state index contributed by atoms with van der Waals surface area (Å²) in [7, 11) is -2.88. The van der Waals surface area contributed by atoms with Crippen LogP contribution in [0.25, 0.3) is 0 Å². The molecular weight excluding hydrogens is 265 g/mol. The summed E-state index contributed by atoms with van der Waals surface area (Å²) in [6.07, 6.45) is 0. The molecule has 2 aromatic rings. The summed E-state index contributed by atoms with van der Waals surface area (Å²) in [6.45, 7) is 5.90. The molecule has 0 aromatic heterocycles. The van der Waals surface area contributed by atoms with Crippen LogP contribution in [0, 0.1) is 11.3 Å². The SMILES string of the molecule is CC(C)(C)P(=O)(c1ccccc1)c1ccccc1C#N. The minimum Gasteiger partial charge on any atom is -0.313 e. The van der Waals surface area contributed by atoms with Crippen molar-refractivity contribution in [3.05, 3.63) is 60.2 Å². The van der Waals surface area contributed by atoms with Gasteiger partial charge in [0.25, 0.3) is 0 Å². The molecule has 1 atom stereocenters. The number of hydrogen-bond donors (Lipinski definition) is 0. The van der Waals surface area contributed by atoms with Crippen LogP contribution in [-0.2, 0) is 4.57 Å². The Labute approximate surface area is 120 Å². The van der Waals surface area contributed by atoms with Gasteiger partial charge in [0.2, 0.25) is 0 Å². The van der Waals surface area contributed by atoms with E-state index in [-0.39, 0.29) is 0 Å². The van der Waals surface area contributed by atoms with Gasteiger partial charge in [-0.3, -0.25) is 0 Å². The molecular formula is C17H18NOP. The third-order valence-electron chi connectivity index (χ3n) is 3.43. The van der Waals surface area contributed by atoms with Gasteiger partial charge in [-0.05, 0) is 12.1 Å². The van der Waals surface area contributed by atoms with Crippen molar-refractivity contribution in [1.82, 2.24) is 0 Å². The van der Waals surface area contributed by atoms with Crippen LogP contribution in [0.3, 0.4) is 0 Å². The monoisotopic (exact) mass is 283 g/mol. The van der Waals surface area contributed by atoms with E-state index in [2.05, 4.69) is 6.07 Å². The van der Waals surface area contributed by atoms with E-state index in [1.807, 2.05) is 63.2 Å². The lowest BCUT2D eigenvalue weighted by Crippen LogP contribution is -2.31. The van der Waals surface area contributed by atoms with Gasteiger partial charge < -0.3 is 4.57 Å². The molecule has 0 fully saturated rings. The normalized spacial score (nSPS) is 14.3. The van der Waals surface area contributed by atoms with E-state index in [1.54, 1.807) is 12.1 Å². The third-order valence-corrected chi connectivity index (χ3v) is 7.41. The summed E-state index contributed by atoms with van der Waals surface area (Å²) in [4.78, 5) is 0. The smallest absolute Gasteiger partial charge is 0.149 e. The largest absolute Gasteiger partial charge is 0.313 e. The molecule has 0 aliphatic rings. The molecule has 2 nitrogen and oxygen atoms in total. The van der Waals surface area contributed by atoms with E-state index >= 15 is 0 Å². The highest BCUT2D eigenvalue weighted by Gasteiger charge is 2.41. The van der Waals surface area contributed by atoms with Gasteiger partial charge in [0.15, 0.2) is 0 Å². The van der Waals surface area contributed by atoms with Crippen LogP contribution in [0.4, 0.5) is 0 Å². The van der Waals surface area contributed by atoms with Gasteiger partial charge >= 0.3 is 0 Å². The number of nitriles is 1. The Morgan fingerprint density at radius 1 is 0.950 bits per heavy atom. The first-order valence-corrected chi connectivity index (χ1v) is 8.27. The van der Waals surface area contributed by atoms with Crippen LogP contribution in [-0.4, -0.2) is 5.16 Å². The maximum atomic E-state index is 13.9. The predicted octanol–water partition coefficient (Wildman–Crippen LogP) is 3.67. The summed E-state index contributed by atoms with van der Waals surface area (Å²) in [5, 5.41) is 10.3. The fraction of sp³-hybridized carbons (Fsp3) is 0.235. The summed E-state index contributed by atoms with van der Waals surface area (Å²) < 4.78 is 13.9. The molecule has 0 aliphatic heterocycles. The van der Waals surface area contributed by atoms with Crippen molar-refractivity contribution in [2.24, 2.45) is 0 Å². The van der Waals surface area contributed by atoms with Crippen molar-refractivity contribution >= 4 is 17.8 Å². The zero-order valence-electron chi connectivity index (χ0n) is 12.0. The lowest BCUT2D eigenvalue weighted by atomic mass is 10.2. The second-order valence-corrected chi connectivity index (χ2v) is 9.30. The van der Waals surface area contributed by atoms with Gasteiger partial charge in [0, 0.05) is 15.8 Å². The molecule has 2 rings (SSSR count). The van der Waals surface area contributed by atoms with E-state index in [0.29, 0.717) is 10.9 Å². The molecule has 102 valence electrons. The van der Waals surface area contributed by atoms with E-state index in [9.17, 15) is 9.83 Å². The average molecular weight is 283 g/mol. The van der Waals surface area contributed by atoms with E-state index in [0.717, 1.165) is 5.30 Å². The molecule has 0 saturated carbocycles. The molecule has 2 aromatic carbocycles. The van der Waals surface area contributed by atoms with Crippen molar-refractivity contribution in [1.29, 1.82) is 5.26 Å². The fourth-order valence-electron chi connectivity index (χ4n) is 2.37. The summed E-state index contributed by atoms with van der Waals surface area (Å²) >= 11 is 0. The van der Waals surface area contributed by atoms with Gasteiger partial charge in [0.05, 0.1) is 11.6 Å². The second-order valence-electron chi connectivity index (χ2n) is 5.74. The van der Waals surface area contributed by atoms with Gasteiger partial charge in [-0.1, -0.05) is 63.2 Å². The average Bonchev–Trinajstić information content (AvgIpc) is 2.46. The number of rotatable bonds is 2. The van der Waals surface area contributed by atoms with Crippen molar-refractivity contribution in [3.8, 4) is 6.07 Å². The van der Waals surface area contributed by atoms with E-state index in [4.69, 9.17) is 0 Å². The summed E-state index contributed by atoms with van der Waals surface area (Å²) in [6, 6.07) is 18.8. The Kier molecular flexibility index (Phi) is 3.84. The van der Waals surface area contributed by atoms with Crippen molar-refractivity contribution < 1.29 is 4.57 Å². The maximum absolute atomic E-state index is 13.9. The molecule has 0 bridgehead atoms. The Hall–Kier alpha value is -1.84. The highest BCUT2D eigenvalue weighted by atomic mass is 31.2. The number of nitrogens with zero attached hydrogens (tertiary/aromatic N) is 1. The van der Waals surface area contributed by atoms with Crippen molar-refractivity contribution in [3.63, 3.8) is 0 Å². The number of benzene rings is 2. The topological polar surface area (TPSA) is 40.9 Å². The van der Waals surface area contributed by atoms with E-state index < -0.39 is 12.3 Å². The van der Waals surface area contributed by atoms with Crippen LogP contribution < -0.4 is 10.6 Å². The Morgan fingerprint density at radius 3 is 2.05 bits per heavy atom.